The fraction of sp³-hybridized carbons (Fsp3) is 0.300. The van der Waals surface area contributed by atoms with Gasteiger partial charge in [0.2, 0.25) is 0 Å². The average molecular weight is 254 g/mol. The Balaban J connectivity index is 2.93. The highest BCUT2D eigenvalue weighted by atomic mass is 16.6. The van der Waals surface area contributed by atoms with Crippen molar-refractivity contribution in [2.45, 2.75) is 18.8 Å². The fourth-order valence-corrected chi connectivity index (χ4v) is 1.45. The molecule has 0 aliphatic rings. The second kappa shape index (κ2) is 5.71. The van der Waals surface area contributed by atoms with Crippen LogP contribution in [0.25, 0.3) is 0 Å². The Hall–Kier alpha value is -2.51. The molecule has 0 fully saturated rings. The first-order valence-electron chi connectivity index (χ1n) is 4.94. The molecule has 1 rings (SSSR count). The van der Waals surface area contributed by atoms with Crippen molar-refractivity contribution in [3.8, 4) is 0 Å². The van der Waals surface area contributed by atoms with Gasteiger partial charge < -0.3 is 10.2 Å². The third-order valence-electron chi connectivity index (χ3n) is 2.24. The molecule has 18 heavy (non-hydrogen) atoms. The Morgan fingerprint density at radius 2 is 1.83 bits per heavy atom. The average Bonchev–Trinajstić information content (AvgIpc) is 2.27. The number of carboxylic acids is 2. The van der Waals surface area contributed by atoms with E-state index in [0.29, 0.717) is 0 Å². The van der Waals surface area contributed by atoms with E-state index in [1.807, 2.05) is 0 Å². The third kappa shape index (κ3) is 3.81. The lowest BCUT2D eigenvalue weighted by molar-refractivity contribution is -0.385. The highest BCUT2D eigenvalue weighted by Gasteiger charge is 2.21. The second-order valence-electron chi connectivity index (χ2n) is 3.59. The van der Waals surface area contributed by atoms with Gasteiger partial charge in [0.05, 0.1) is 17.8 Å². The molecule has 0 saturated carbocycles. The minimum absolute atomic E-state index is 0.213. The first kappa shape index (κ1) is 13.6. The molecule has 0 unspecified atom stereocenters. The van der Waals surface area contributed by atoms with E-state index in [9.17, 15) is 19.7 Å². The van der Waals surface area contributed by atoms with Gasteiger partial charge in [-0.1, -0.05) is 0 Å². The Bertz CT molecular complexity index is 454. The lowest BCUT2D eigenvalue weighted by Gasteiger charge is -2.11. The summed E-state index contributed by atoms with van der Waals surface area (Å²) in [5.74, 6) is -3.11. The maximum atomic E-state index is 10.6. The van der Waals surface area contributed by atoms with Crippen molar-refractivity contribution < 1.29 is 24.7 Å². The molecule has 0 aliphatic heterocycles. The number of carbonyl (C=O) groups is 2. The van der Waals surface area contributed by atoms with E-state index < -0.39 is 35.6 Å². The van der Waals surface area contributed by atoms with E-state index in [-0.39, 0.29) is 11.4 Å². The number of pyridine rings is 1. The van der Waals surface area contributed by atoms with E-state index in [0.717, 1.165) is 6.20 Å². The molecule has 1 aromatic heterocycles. The van der Waals surface area contributed by atoms with Crippen molar-refractivity contribution >= 4 is 17.6 Å². The first-order chi connectivity index (χ1) is 8.40. The van der Waals surface area contributed by atoms with Crippen LogP contribution in [-0.2, 0) is 9.59 Å². The highest BCUT2D eigenvalue weighted by Crippen LogP contribution is 2.23. The summed E-state index contributed by atoms with van der Waals surface area (Å²) in [6, 6.07) is 2.44. The molecule has 2 N–H and O–H groups in total. The van der Waals surface area contributed by atoms with E-state index in [4.69, 9.17) is 10.2 Å². The van der Waals surface area contributed by atoms with Crippen LogP contribution in [0.15, 0.2) is 18.3 Å². The molecule has 0 atom stereocenters. The van der Waals surface area contributed by atoms with Crippen molar-refractivity contribution in [1.82, 2.24) is 4.98 Å². The SMILES string of the molecule is O=C(O)CC(CC(=O)O)c1ccc([N+](=O)[O-])cn1. The summed E-state index contributed by atoms with van der Waals surface area (Å²) >= 11 is 0. The molecule has 96 valence electrons. The molecule has 8 nitrogen and oxygen atoms in total. The molecular formula is C10H10N2O6. The second-order valence-corrected chi connectivity index (χ2v) is 3.59. The molecule has 1 aromatic rings. The summed E-state index contributed by atoms with van der Waals surface area (Å²) < 4.78 is 0. The largest absolute Gasteiger partial charge is 0.481 e. The summed E-state index contributed by atoms with van der Waals surface area (Å²) in [5, 5.41) is 27.8. The zero-order chi connectivity index (χ0) is 13.7. The summed E-state index contributed by atoms with van der Waals surface area (Å²) in [6.45, 7) is 0. The van der Waals surface area contributed by atoms with Crippen molar-refractivity contribution in [2.75, 3.05) is 0 Å². The van der Waals surface area contributed by atoms with E-state index in [2.05, 4.69) is 4.98 Å². The molecule has 0 amide bonds. The minimum atomic E-state index is -1.15. The van der Waals surface area contributed by atoms with Gasteiger partial charge in [0.25, 0.3) is 5.69 Å². The number of nitro groups is 1. The summed E-state index contributed by atoms with van der Waals surface area (Å²) in [5.41, 5.74) is -0.0199. The van der Waals surface area contributed by atoms with Gasteiger partial charge in [-0.25, -0.2) is 0 Å². The van der Waals surface area contributed by atoms with Gasteiger partial charge in [-0.05, 0) is 6.07 Å². The predicted molar refractivity (Wildman–Crippen MR) is 58.1 cm³/mol. The lowest BCUT2D eigenvalue weighted by Crippen LogP contribution is -2.12. The third-order valence-corrected chi connectivity index (χ3v) is 2.24. The van der Waals surface area contributed by atoms with Gasteiger partial charge in [-0.2, -0.15) is 0 Å². The van der Waals surface area contributed by atoms with E-state index >= 15 is 0 Å². The smallest absolute Gasteiger partial charge is 0.304 e. The monoisotopic (exact) mass is 254 g/mol. The van der Waals surface area contributed by atoms with Gasteiger partial charge in [-0.15, -0.1) is 0 Å². The number of hydrogen-bond acceptors (Lipinski definition) is 5. The normalized spacial score (nSPS) is 10.3. The van der Waals surface area contributed by atoms with Crippen LogP contribution in [0.1, 0.15) is 24.5 Å². The van der Waals surface area contributed by atoms with Crippen LogP contribution in [0.3, 0.4) is 0 Å². The Morgan fingerprint density at radius 3 is 2.17 bits per heavy atom. The minimum Gasteiger partial charge on any atom is -0.481 e. The van der Waals surface area contributed by atoms with Crippen molar-refractivity contribution in [3.63, 3.8) is 0 Å². The van der Waals surface area contributed by atoms with Gasteiger partial charge in [0, 0.05) is 17.7 Å². The van der Waals surface area contributed by atoms with E-state index in [1.54, 1.807) is 0 Å². The topological polar surface area (TPSA) is 131 Å². The standard InChI is InChI=1S/C10H10N2O6/c13-9(14)3-6(4-10(15)16)8-2-1-7(5-11-8)12(17)18/h1-2,5-6H,3-4H2,(H,13,14)(H,15,16). The Kier molecular flexibility index (Phi) is 4.30. The molecule has 0 bridgehead atoms. The van der Waals surface area contributed by atoms with Gasteiger partial charge in [-0.3, -0.25) is 24.7 Å². The van der Waals surface area contributed by atoms with Crippen molar-refractivity contribution in [2.24, 2.45) is 0 Å². The molecule has 0 radical (unpaired) electrons. The zero-order valence-electron chi connectivity index (χ0n) is 9.15. The van der Waals surface area contributed by atoms with Crippen LogP contribution in [0.5, 0.6) is 0 Å². The summed E-state index contributed by atoms with van der Waals surface area (Å²) in [6.07, 6.45) is 0.195. The Morgan fingerprint density at radius 1 is 1.28 bits per heavy atom. The maximum absolute atomic E-state index is 10.6. The predicted octanol–water partition coefficient (Wildman–Crippen LogP) is 1.02. The lowest BCUT2D eigenvalue weighted by atomic mass is 9.97. The van der Waals surface area contributed by atoms with Gasteiger partial charge in [0.15, 0.2) is 0 Å². The highest BCUT2D eigenvalue weighted by molar-refractivity contribution is 5.72. The van der Waals surface area contributed by atoms with Crippen LogP contribution in [0, 0.1) is 10.1 Å². The number of aliphatic carboxylic acids is 2. The quantitative estimate of drug-likeness (QED) is 0.572. The van der Waals surface area contributed by atoms with Crippen molar-refractivity contribution in [1.29, 1.82) is 0 Å². The molecule has 0 spiro atoms. The van der Waals surface area contributed by atoms with Crippen LogP contribution in [0.4, 0.5) is 5.69 Å². The summed E-state index contributed by atoms with van der Waals surface area (Å²) in [7, 11) is 0. The number of carboxylic acid groups (broad SMARTS) is 2. The number of hydrogen-bond donors (Lipinski definition) is 2. The molecule has 0 saturated heterocycles. The number of aromatic nitrogens is 1. The first-order valence-corrected chi connectivity index (χ1v) is 4.94. The van der Waals surface area contributed by atoms with Gasteiger partial charge in [0.1, 0.15) is 6.20 Å². The van der Waals surface area contributed by atoms with Crippen LogP contribution < -0.4 is 0 Å². The number of nitrogens with zero attached hydrogens (tertiary/aromatic N) is 2. The van der Waals surface area contributed by atoms with Gasteiger partial charge >= 0.3 is 11.9 Å². The molecule has 0 aromatic carbocycles. The summed E-state index contributed by atoms with van der Waals surface area (Å²) in [4.78, 5) is 34.7. The zero-order valence-corrected chi connectivity index (χ0v) is 9.15. The molecule has 1 heterocycles. The van der Waals surface area contributed by atoms with E-state index in [1.165, 1.54) is 12.1 Å². The molecule has 0 aliphatic carbocycles. The van der Waals surface area contributed by atoms with Crippen LogP contribution in [0.2, 0.25) is 0 Å². The molecular weight excluding hydrogens is 244 g/mol. The van der Waals surface area contributed by atoms with Crippen LogP contribution in [-0.4, -0.2) is 32.1 Å². The molecule has 8 heteroatoms. The fourth-order valence-electron chi connectivity index (χ4n) is 1.45. The van der Waals surface area contributed by atoms with Crippen LogP contribution >= 0.6 is 0 Å². The Labute approximate surface area is 101 Å². The number of rotatable bonds is 6. The van der Waals surface area contributed by atoms with Crippen molar-refractivity contribution in [3.05, 3.63) is 34.1 Å². The maximum Gasteiger partial charge on any atom is 0.304 e.